The van der Waals surface area contributed by atoms with Crippen LogP contribution in [0.5, 0.6) is 0 Å². The third-order valence-corrected chi connectivity index (χ3v) is 3.21. The Morgan fingerprint density at radius 3 is 2.47 bits per heavy atom. The predicted molar refractivity (Wildman–Crippen MR) is 71.6 cm³/mol. The second kappa shape index (κ2) is 9.04. The van der Waals surface area contributed by atoms with Crippen LogP contribution in [0.25, 0.3) is 0 Å². The number of rotatable bonds is 9. The summed E-state index contributed by atoms with van der Waals surface area (Å²) in [6, 6.07) is 0. The summed E-state index contributed by atoms with van der Waals surface area (Å²) in [6.07, 6.45) is 4.16. The molecule has 0 aliphatic carbocycles. The van der Waals surface area contributed by atoms with Crippen LogP contribution >= 0.6 is 0 Å². The predicted octanol–water partition coefficient (Wildman–Crippen LogP) is 1.65. The number of nitrogens with one attached hydrogen (secondary N) is 1. The summed E-state index contributed by atoms with van der Waals surface area (Å²) in [5, 5.41) is 2.78. The number of hydrogen-bond donors (Lipinski definition) is 1. The van der Waals surface area contributed by atoms with Crippen molar-refractivity contribution in [1.82, 2.24) is 5.32 Å². The Labute approximate surface area is 115 Å². The minimum absolute atomic E-state index is 0.00745. The van der Waals surface area contributed by atoms with E-state index >= 15 is 0 Å². The summed E-state index contributed by atoms with van der Waals surface area (Å²) in [5.41, 5.74) is 0. The van der Waals surface area contributed by atoms with E-state index in [0.717, 1.165) is 25.7 Å². The molecule has 1 N–H and O–H groups in total. The van der Waals surface area contributed by atoms with Gasteiger partial charge in [0.25, 0.3) is 0 Å². The summed E-state index contributed by atoms with van der Waals surface area (Å²) >= 11 is 0. The summed E-state index contributed by atoms with van der Waals surface area (Å²) < 4.78 is 10.9. The molecule has 0 aromatic heterocycles. The average Bonchev–Trinajstić information content (AvgIpc) is 2.80. The van der Waals surface area contributed by atoms with E-state index in [2.05, 4.69) is 5.32 Å². The van der Waals surface area contributed by atoms with Gasteiger partial charge in [0, 0.05) is 26.3 Å². The maximum Gasteiger partial charge on any atom is 0.216 e. The van der Waals surface area contributed by atoms with Crippen LogP contribution in [0.1, 0.15) is 46.0 Å². The molecule has 0 saturated carbocycles. The van der Waals surface area contributed by atoms with Crippen molar-refractivity contribution < 1.29 is 19.1 Å². The number of hydrogen-bond acceptors (Lipinski definition) is 4. The van der Waals surface area contributed by atoms with Crippen LogP contribution in [-0.4, -0.2) is 37.7 Å². The molecule has 1 heterocycles. The van der Waals surface area contributed by atoms with Gasteiger partial charge in [-0.15, -0.1) is 0 Å². The number of carbonyl (C=O) groups is 2. The SMILES string of the molecule is CC(=O)CC(CCCCNC(C)=O)CC1OCCO1. The fourth-order valence-electron chi connectivity index (χ4n) is 2.35. The highest BCUT2D eigenvalue weighted by Gasteiger charge is 2.22. The van der Waals surface area contributed by atoms with E-state index in [0.29, 0.717) is 32.1 Å². The second-order valence-corrected chi connectivity index (χ2v) is 5.16. The molecule has 1 atom stereocenters. The van der Waals surface area contributed by atoms with E-state index in [1.54, 1.807) is 6.92 Å². The highest BCUT2D eigenvalue weighted by molar-refractivity contribution is 5.75. The Balaban J connectivity index is 2.20. The first kappa shape index (κ1) is 16.1. The molecule has 1 rings (SSSR count). The van der Waals surface area contributed by atoms with Crippen LogP contribution in [0, 0.1) is 5.92 Å². The highest BCUT2D eigenvalue weighted by Crippen LogP contribution is 2.22. The lowest BCUT2D eigenvalue weighted by Gasteiger charge is -2.18. The Hall–Kier alpha value is -0.940. The minimum Gasteiger partial charge on any atom is -0.356 e. The largest absolute Gasteiger partial charge is 0.356 e. The first-order chi connectivity index (χ1) is 9.08. The normalized spacial score (nSPS) is 17.4. The van der Waals surface area contributed by atoms with Crippen molar-refractivity contribution in [2.75, 3.05) is 19.8 Å². The van der Waals surface area contributed by atoms with Gasteiger partial charge in [0.15, 0.2) is 6.29 Å². The van der Waals surface area contributed by atoms with Gasteiger partial charge in [0.1, 0.15) is 5.78 Å². The molecule has 5 heteroatoms. The molecule has 110 valence electrons. The Morgan fingerprint density at radius 1 is 1.21 bits per heavy atom. The highest BCUT2D eigenvalue weighted by atomic mass is 16.7. The van der Waals surface area contributed by atoms with Gasteiger partial charge in [-0.3, -0.25) is 4.79 Å². The third-order valence-electron chi connectivity index (χ3n) is 3.21. The van der Waals surface area contributed by atoms with Crippen LogP contribution in [0.4, 0.5) is 0 Å². The van der Waals surface area contributed by atoms with Crippen LogP contribution in [0.15, 0.2) is 0 Å². The summed E-state index contributed by atoms with van der Waals surface area (Å²) in [5.74, 6) is 0.538. The van der Waals surface area contributed by atoms with E-state index < -0.39 is 0 Å². The fraction of sp³-hybridized carbons (Fsp3) is 0.857. The molecule has 1 aliphatic heterocycles. The van der Waals surface area contributed by atoms with Gasteiger partial charge in [0.05, 0.1) is 13.2 Å². The van der Waals surface area contributed by atoms with Crippen molar-refractivity contribution in [3.05, 3.63) is 0 Å². The van der Waals surface area contributed by atoms with Gasteiger partial charge in [0.2, 0.25) is 5.91 Å². The number of unbranched alkanes of at least 4 members (excludes halogenated alkanes) is 1. The molecule has 1 aliphatic rings. The number of amides is 1. The van der Waals surface area contributed by atoms with E-state index in [1.165, 1.54) is 6.92 Å². The van der Waals surface area contributed by atoms with Gasteiger partial charge in [-0.05, 0) is 25.7 Å². The lowest BCUT2D eigenvalue weighted by atomic mass is 9.93. The molecule has 0 aromatic rings. The first-order valence-electron chi connectivity index (χ1n) is 7.05. The van der Waals surface area contributed by atoms with Gasteiger partial charge in [-0.2, -0.15) is 0 Å². The zero-order chi connectivity index (χ0) is 14.1. The van der Waals surface area contributed by atoms with Gasteiger partial charge in [-0.1, -0.05) is 6.42 Å². The van der Waals surface area contributed by atoms with Crippen molar-refractivity contribution in [1.29, 1.82) is 0 Å². The van der Waals surface area contributed by atoms with Crippen LogP contribution in [0.3, 0.4) is 0 Å². The maximum atomic E-state index is 11.3. The van der Waals surface area contributed by atoms with Crippen molar-refractivity contribution in [3.63, 3.8) is 0 Å². The average molecular weight is 271 g/mol. The Bertz CT molecular complexity index is 287. The number of ketones is 1. The summed E-state index contributed by atoms with van der Waals surface area (Å²) in [4.78, 5) is 22.0. The maximum absolute atomic E-state index is 11.3. The molecule has 1 fully saturated rings. The Kier molecular flexibility index (Phi) is 7.67. The molecular weight excluding hydrogens is 246 g/mol. The number of carbonyl (C=O) groups excluding carboxylic acids is 2. The Morgan fingerprint density at radius 2 is 1.89 bits per heavy atom. The minimum atomic E-state index is -0.139. The zero-order valence-electron chi connectivity index (χ0n) is 11.9. The standard InChI is InChI=1S/C14H25NO4/c1-11(16)9-13(10-14-18-7-8-19-14)5-3-4-6-15-12(2)17/h13-14H,3-10H2,1-2H3,(H,15,17). The topological polar surface area (TPSA) is 64.6 Å². The van der Waals surface area contributed by atoms with Crippen molar-refractivity contribution in [3.8, 4) is 0 Å². The fourth-order valence-corrected chi connectivity index (χ4v) is 2.35. The molecule has 19 heavy (non-hydrogen) atoms. The van der Waals surface area contributed by atoms with Crippen molar-refractivity contribution in [2.45, 2.75) is 52.2 Å². The van der Waals surface area contributed by atoms with Gasteiger partial charge < -0.3 is 19.6 Å². The second-order valence-electron chi connectivity index (χ2n) is 5.16. The molecule has 0 radical (unpaired) electrons. The molecule has 1 saturated heterocycles. The van der Waals surface area contributed by atoms with Crippen molar-refractivity contribution in [2.24, 2.45) is 5.92 Å². The van der Waals surface area contributed by atoms with Crippen molar-refractivity contribution >= 4 is 11.7 Å². The molecule has 5 nitrogen and oxygen atoms in total. The summed E-state index contributed by atoms with van der Waals surface area (Å²) in [7, 11) is 0. The first-order valence-corrected chi connectivity index (χ1v) is 7.05. The molecule has 0 aromatic carbocycles. The van der Waals surface area contributed by atoms with Gasteiger partial charge >= 0.3 is 0 Å². The van der Waals surface area contributed by atoms with E-state index in [4.69, 9.17) is 9.47 Å². The monoisotopic (exact) mass is 271 g/mol. The van der Waals surface area contributed by atoms with Gasteiger partial charge in [-0.25, -0.2) is 0 Å². The number of Topliss-reactive ketones (excluding diaryl/α,β-unsaturated/α-hetero) is 1. The van der Waals surface area contributed by atoms with Crippen LogP contribution < -0.4 is 5.32 Å². The molecule has 1 unspecified atom stereocenters. The number of ether oxygens (including phenoxy) is 2. The quantitative estimate of drug-likeness (QED) is 0.648. The third kappa shape index (κ3) is 7.95. The molecule has 1 amide bonds. The van der Waals surface area contributed by atoms with E-state index in [-0.39, 0.29) is 18.0 Å². The smallest absolute Gasteiger partial charge is 0.216 e. The molecule has 0 bridgehead atoms. The van der Waals surface area contributed by atoms with E-state index in [9.17, 15) is 9.59 Å². The zero-order valence-corrected chi connectivity index (χ0v) is 11.9. The van der Waals surface area contributed by atoms with Crippen LogP contribution in [0.2, 0.25) is 0 Å². The lowest BCUT2D eigenvalue weighted by molar-refractivity contribution is -0.119. The summed E-state index contributed by atoms with van der Waals surface area (Å²) in [6.45, 7) is 5.16. The molecule has 0 spiro atoms. The van der Waals surface area contributed by atoms with E-state index in [1.807, 2.05) is 0 Å². The van der Waals surface area contributed by atoms with Crippen LogP contribution in [-0.2, 0) is 19.1 Å². The lowest BCUT2D eigenvalue weighted by Crippen LogP contribution is -2.21. The molecular formula is C14H25NO4.